The van der Waals surface area contributed by atoms with Gasteiger partial charge in [0.2, 0.25) is 0 Å². The Morgan fingerprint density at radius 1 is 1.47 bits per heavy atom. The number of nitrogens with zero attached hydrogens (tertiary/aromatic N) is 2. The first-order chi connectivity index (χ1) is 8.95. The Hall–Kier alpha value is -1.82. The van der Waals surface area contributed by atoms with Crippen LogP contribution in [0.15, 0.2) is 22.8 Å². The molecule has 1 aromatic heterocycles. The van der Waals surface area contributed by atoms with Gasteiger partial charge < -0.3 is 14.4 Å². The van der Waals surface area contributed by atoms with Crippen molar-refractivity contribution >= 4 is 21.9 Å². The van der Waals surface area contributed by atoms with Crippen molar-refractivity contribution in [1.82, 2.24) is 9.55 Å². The van der Waals surface area contributed by atoms with Gasteiger partial charge in [-0.1, -0.05) is 0 Å². The van der Waals surface area contributed by atoms with E-state index in [0.717, 1.165) is 16.9 Å². The van der Waals surface area contributed by atoms with E-state index in [1.165, 1.54) is 0 Å². The van der Waals surface area contributed by atoms with E-state index in [0.29, 0.717) is 10.4 Å². The van der Waals surface area contributed by atoms with Crippen LogP contribution < -0.4 is 4.74 Å². The lowest BCUT2D eigenvalue weighted by atomic mass is 10.1. The molecule has 19 heavy (non-hydrogen) atoms. The highest BCUT2D eigenvalue weighted by Gasteiger charge is 2.19. The van der Waals surface area contributed by atoms with Gasteiger partial charge in [0, 0.05) is 12.6 Å². The Kier molecular flexibility index (Phi) is 3.61. The van der Waals surface area contributed by atoms with Crippen molar-refractivity contribution in [3.8, 4) is 17.1 Å². The number of imidazole rings is 1. The van der Waals surface area contributed by atoms with Crippen molar-refractivity contribution in [3.05, 3.63) is 34.1 Å². The summed E-state index contributed by atoms with van der Waals surface area (Å²) in [5.41, 5.74) is 1.82. The monoisotopic (exact) mass is 324 g/mol. The van der Waals surface area contributed by atoms with Crippen molar-refractivity contribution in [2.24, 2.45) is 7.05 Å². The lowest BCUT2D eigenvalue weighted by Gasteiger charge is -2.07. The van der Waals surface area contributed by atoms with Gasteiger partial charge in [-0.3, -0.25) is 0 Å². The molecule has 2 aromatic rings. The molecule has 0 aliphatic heterocycles. The maximum Gasteiger partial charge on any atom is 0.357 e. The molecule has 0 amide bonds. The normalized spacial score (nSPS) is 10.5. The molecular formula is C13H13BrN2O3. The summed E-state index contributed by atoms with van der Waals surface area (Å²) in [6, 6.07) is 5.61. The molecule has 0 unspecified atom stereocenters. The minimum absolute atomic E-state index is 0.00553. The Labute approximate surface area is 119 Å². The highest BCUT2D eigenvalue weighted by atomic mass is 79.9. The van der Waals surface area contributed by atoms with Crippen LogP contribution in [0.2, 0.25) is 0 Å². The predicted octanol–water partition coefficient (Wildman–Crippen LogP) is 2.86. The average Bonchev–Trinajstić information content (AvgIpc) is 2.66. The Bertz CT molecular complexity index is 650. The second kappa shape index (κ2) is 5.05. The number of hydrogen-bond acceptors (Lipinski definition) is 3. The molecule has 2 rings (SSSR count). The van der Waals surface area contributed by atoms with E-state index in [1.54, 1.807) is 18.7 Å². The SMILES string of the molecule is COc1ccc(-c2nc(C(=O)O)c(Br)n2C)cc1C. The molecule has 0 aliphatic carbocycles. The van der Waals surface area contributed by atoms with Crippen LogP contribution in [0.5, 0.6) is 5.75 Å². The van der Waals surface area contributed by atoms with E-state index >= 15 is 0 Å². The average molecular weight is 325 g/mol. The van der Waals surface area contributed by atoms with Gasteiger partial charge in [0.05, 0.1) is 7.11 Å². The highest BCUT2D eigenvalue weighted by Crippen LogP contribution is 2.28. The van der Waals surface area contributed by atoms with Gasteiger partial charge in [-0.05, 0) is 46.6 Å². The molecule has 0 spiro atoms. The van der Waals surface area contributed by atoms with Gasteiger partial charge in [0.15, 0.2) is 5.69 Å². The molecule has 0 radical (unpaired) electrons. The zero-order valence-electron chi connectivity index (χ0n) is 10.8. The van der Waals surface area contributed by atoms with E-state index < -0.39 is 5.97 Å². The number of rotatable bonds is 3. The lowest BCUT2D eigenvalue weighted by Crippen LogP contribution is -1.97. The number of ether oxygens (including phenoxy) is 1. The number of halogens is 1. The van der Waals surface area contributed by atoms with E-state index in [9.17, 15) is 4.79 Å². The summed E-state index contributed by atoms with van der Waals surface area (Å²) < 4.78 is 7.35. The van der Waals surface area contributed by atoms with Crippen LogP contribution >= 0.6 is 15.9 Å². The maximum atomic E-state index is 11.1. The van der Waals surface area contributed by atoms with Gasteiger partial charge in [-0.15, -0.1) is 0 Å². The fourth-order valence-electron chi connectivity index (χ4n) is 1.89. The van der Waals surface area contributed by atoms with Gasteiger partial charge in [-0.25, -0.2) is 9.78 Å². The molecule has 1 heterocycles. The van der Waals surface area contributed by atoms with E-state index in [2.05, 4.69) is 20.9 Å². The fourth-order valence-corrected chi connectivity index (χ4v) is 2.32. The predicted molar refractivity (Wildman–Crippen MR) is 74.6 cm³/mol. The molecule has 0 atom stereocenters. The van der Waals surface area contributed by atoms with E-state index in [4.69, 9.17) is 9.84 Å². The number of aryl methyl sites for hydroxylation is 1. The van der Waals surface area contributed by atoms with Crippen LogP contribution in [0.25, 0.3) is 11.4 Å². The highest BCUT2D eigenvalue weighted by molar-refractivity contribution is 9.10. The van der Waals surface area contributed by atoms with E-state index in [1.807, 2.05) is 25.1 Å². The Balaban J connectivity index is 2.56. The third-order valence-corrected chi connectivity index (χ3v) is 3.79. The minimum atomic E-state index is -1.06. The zero-order valence-corrected chi connectivity index (χ0v) is 12.4. The van der Waals surface area contributed by atoms with Gasteiger partial charge in [-0.2, -0.15) is 0 Å². The first-order valence-corrected chi connectivity index (χ1v) is 6.35. The number of carboxylic acids is 1. The van der Waals surface area contributed by atoms with Crippen molar-refractivity contribution in [2.45, 2.75) is 6.92 Å². The molecular weight excluding hydrogens is 312 g/mol. The molecule has 6 heteroatoms. The van der Waals surface area contributed by atoms with Gasteiger partial charge in [0.1, 0.15) is 16.2 Å². The van der Waals surface area contributed by atoms with Crippen molar-refractivity contribution in [2.75, 3.05) is 7.11 Å². The molecule has 1 N–H and O–H groups in total. The lowest BCUT2D eigenvalue weighted by molar-refractivity contribution is 0.0690. The molecule has 100 valence electrons. The van der Waals surface area contributed by atoms with Crippen molar-refractivity contribution < 1.29 is 14.6 Å². The van der Waals surface area contributed by atoms with E-state index in [-0.39, 0.29) is 5.69 Å². The summed E-state index contributed by atoms with van der Waals surface area (Å²) in [5, 5.41) is 9.06. The molecule has 5 nitrogen and oxygen atoms in total. The van der Waals surface area contributed by atoms with Gasteiger partial charge in [0.25, 0.3) is 0 Å². The van der Waals surface area contributed by atoms with Crippen LogP contribution in [-0.4, -0.2) is 27.7 Å². The summed E-state index contributed by atoms with van der Waals surface area (Å²) in [6.07, 6.45) is 0. The maximum absolute atomic E-state index is 11.1. The van der Waals surface area contributed by atoms with Crippen LogP contribution in [-0.2, 0) is 7.05 Å². The number of carbonyl (C=O) groups is 1. The third kappa shape index (κ3) is 2.35. The smallest absolute Gasteiger partial charge is 0.357 e. The molecule has 0 fully saturated rings. The van der Waals surface area contributed by atoms with Crippen molar-refractivity contribution in [1.29, 1.82) is 0 Å². The standard InChI is InChI=1S/C13H13BrN2O3/c1-7-6-8(4-5-9(7)19-3)12-15-10(13(17)18)11(14)16(12)2/h4-6H,1-3H3,(H,17,18). The summed E-state index contributed by atoms with van der Waals surface area (Å²) in [7, 11) is 3.38. The number of methoxy groups -OCH3 is 1. The fraction of sp³-hybridized carbons (Fsp3) is 0.231. The van der Waals surface area contributed by atoms with Crippen LogP contribution in [0.3, 0.4) is 0 Å². The topological polar surface area (TPSA) is 64.3 Å². The quantitative estimate of drug-likeness (QED) is 0.942. The summed E-state index contributed by atoms with van der Waals surface area (Å²) in [6.45, 7) is 1.93. The number of aromatic carboxylic acids is 1. The van der Waals surface area contributed by atoms with Crippen LogP contribution in [0.1, 0.15) is 16.1 Å². The van der Waals surface area contributed by atoms with Crippen LogP contribution in [0, 0.1) is 6.92 Å². The van der Waals surface area contributed by atoms with Crippen molar-refractivity contribution in [3.63, 3.8) is 0 Å². The number of hydrogen-bond donors (Lipinski definition) is 1. The number of aromatic nitrogens is 2. The largest absolute Gasteiger partial charge is 0.496 e. The molecule has 1 aromatic carbocycles. The number of carboxylic acid groups (broad SMARTS) is 1. The molecule has 0 saturated carbocycles. The first kappa shape index (κ1) is 13.6. The summed E-state index contributed by atoms with van der Waals surface area (Å²) in [4.78, 5) is 15.2. The van der Waals surface area contributed by atoms with Gasteiger partial charge >= 0.3 is 5.97 Å². The Morgan fingerprint density at radius 3 is 2.63 bits per heavy atom. The molecule has 0 aliphatic rings. The Morgan fingerprint density at radius 2 is 2.16 bits per heavy atom. The second-order valence-electron chi connectivity index (χ2n) is 4.12. The van der Waals surface area contributed by atoms with Crippen LogP contribution in [0.4, 0.5) is 0 Å². The molecule has 0 saturated heterocycles. The first-order valence-electron chi connectivity index (χ1n) is 5.56. The minimum Gasteiger partial charge on any atom is -0.496 e. The zero-order chi connectivity index (χ0) is 14.2. The molecule has 0 bridgehead atoms. The third-order valence-electron chi connectivity index (χ3n) is 2.88. The summed E-state index contributed by atoms with van der Waals surface area (Å²) in [5.74, 6) is 0.324. The second-order valence-corrected chi connectivity index (χ2v) is 4.87. The summed E-state index contributed by atoms with van der Waals surface area (Å²) >= 11 is 3.24. The number of benzene rings is 1.